The molecule has 2 fully saturated rings. The second kappa shape index (κ2) is 8.40. The zero-order chi connectivity index (χ0) is 21.3. The van der Waals surface area contributed by atoms with Gasteiger partial charge in [0.2, 0.25) is 0 Å². The highest BCUT2D eigenvalue weighted by molar-refractivity contribution is 6.31. The number of aryl methyl sites for hydroxylation is 2. The summed E-state index contributed by atoms with van der Waals surface area (Å²) in [6.07, 6.45) is 2.11. The van der Waals surface area contributed by atoms with Crippen LogP contribution in [0.4, 0.5) is 4.79 Å². The Morgan fingerprint density at radius 3 is 2.43 bits per heavy atom. The van der Waals surface area contributed by atoms with Gasteiger partial charge >= 0.3 is 6.03 Å². The maximum atomic E-state index is 12.9. The summed E-state index contributed by atoms with van der Waals surface area (Å²) in [5, 5.41) is 6.05. The molecule has 30 heavy (non-hydrogen) atoms. The van der Waals surface area contributed by atoms with Crippen LogP contribution < -0.4 is 10.6 Å². The molecule has 0 bridgehead atoms. The van der Waals surface area contributed by atoms with Crippen molar-refractivity contribution in [2.45, 2.75) is 45.2 Å². The molecule has 5 nitrogen and oxygen atoms in total. The molecule has 158 valence electrons. The number of benzene rings is 2. The van der Waals surface area contributed by atoms with Crippen molar-refractivity contribution in [3.8, 4) is 0 Å². The third-order valence-electron chi connectivity index (χ3n) is 6.57. The van der Waals surface area contributed by atoms with Crippen LogP contribution >= 0.6 is 11.6 Å². The third kappa shape index (κ3) is 4.09. The van der Waals surface area contributed by atoms with Crippen molar-refractivity contribution in [1.29, 1.82) is 0 Å². The number of halogens is 1. The van der Waals surface area contributed by atoms with E-state index in [0.717, 1.165) is 38.0 Å². The number of hydrogen-bond acceptors (Lipinski definition) is 3. The molecule has 0 aliphatic carbocycles. The van der Waals surface area contributed by atoms with Crippen LogP contribution in [0.1, 0.15) is 35.1 Å². The lowest BCUT2D eigenvalue weighted by Gasteiger charge is -2.41. The first-order valence-corrected chi connectivity index (χ1v) is 10.9. The first-order valence-electron chi connectivity index (χ1n) is 10.5. The number of imide groups is 1. The smallest absolute Gasteiger partial charge is 0.322 e. The van der Waals surface area contributed by atoms with Crippen LogP contribution in [0.25, 0.3) is 0 Å². The third-order valence-corrected chi connectivity index (χ3v) is 6.94. The molecule has 2 aromatic carbocycles. The lowest BCUT2D eigenvalue weighted by molar-refractivity contribution is -0.126. The topological polar surface area (TPSA) is 61.4 Å². The van der Waals surface area contributed by atoms with Crippen molar-refractivity contribution < 1.29 is 9.59 Å². The van der Waals surface area contributed by atoms with Gasteiger partial charge in [0.1, 0.15) is 5.54 Å². The van der Waals surface area contributed by atoms with Crippen molar-refractivity contribution in [1.82, 2.24) is 15.5 Å². The molecule has 0 aromatic heterocycles. The molecule has 1 atom stereocenters. The summed E-state index contributed by atoms with van der Waals surface area (Å²) in [7, 11) is 0. The van der Waals surface area contributed by atoms with E-state index in [-0.39, 0.29) is 11.8 Å². The Kier molecular flexibility index (Phi) is 5.85. The van der Waals surface area contributed by atoms with Gasteiger partial charge in [-0.05, 0) is 68.5 Å². The summed E-state index contributed by atoms with van der Waals surface area (Å²) in [6.45, 7) is 6.97. The van der Waals surface area contributed by atoms with E-state index in [2.05, 4.69) is 47.6 Å². The quantitative estimate of drug-likeness (QED) is 0.712. The van der Waals surface area contributed by atoms with Crippen LogP contribution in [0, 0.1) is 19.8 Å². The van der Waals surface area contributed by atoms with Crippen LogP contribution in [0.5, 0.6) is 0 Å². The van der Waals surface area contributed by atoms with E-state index in [1.807, 2.05) is 24.3 Å². The minimum atomic E-state index is -0.937. The molecule has 6 heteroatoms. The highest BCUT2D eigenvalue weighted by Gasteiger charge is 2.52. The number of amides is 3. The van der Waals surface area contributed by atoms with E-state index in [4.69, 9.17) is 11.6 Å². The second-order valence-electron chi connectivity index (χ2n) is 8.63. The molecule has 2 heterocycles. The Labute approximate surface area is 182 Å². The van der Waals surface area contributed by atoms with Gasteiger partial charge in [0.05, 0.1) is 0 Å². The predicted molar refractivity (Wildman–Crippen MR) is 118 cm³/mol. The van der Waals surface area contributed by atoms with Crippen LogP contribution in [-0.2, 0) is 17.8 Å². The van der Waals surface area contributed by atoms with Crippen molar-refractivity contribution in [3.05, 3.63) is 69.7 Å². The van der Waals surface area contributed by atoms with Gasteiger partial charge in [-0.15, -0.1) is 0 Å². The van der Waals surface area contributed by atoms with Crippen LogP contribution in [0.2, 0.25) is 5.02 Å². The molecule has 0 radical (unpaired) electrons. The normalized spacial score (nSPS) is 22.8. The summed E-state index contributed by atoms with van der Waals surface area (Å²) in [4.78, 5) is 27.4. The standard InChI is InChI=1S/C24H28ClN3O2/c1-16-7-8-19(17(2)13-16)15-28-11-9-20(10-12-28)24(22(29)26-23(30)27-24)14-18-5-3-4-6-21(18)25/h3-8,13,20H,9-12,14-15H2,1-2H3,(H2,26,27,29,30)/t24-/m1/s1. The number of nitrogens with zero attached hydrogens (tertiary/aromatic N) is 1. The van der Waals surface area contributed by atoms with E-state index >= 15 is 0 Å². The first-order chi connectivity index (χ1) is 14.4. The van der Waals surface area contributed by atoms with Gasteiger partial charge in [0.15, 0.2) is 0 Å². The van der Waals surface area contributed by atoms with E-state index in [1.54, 1.807) is 0 Å². The van der Waals surface area contributed by atoms with Gasteiger partial charge in [-0.2, -0.15) is 0 Å². The van der Waals surface area contributed by atoms with Gasteiger partial charge in [-0.1, -0.05) is 53.6 Å². The number of likely N-dealkylation sites (tertiary alicyclic amines) is 1. The number of carbonyl (C=O) groups is 2. The molecule has 3 amide bonds. The van der Waals surface area contributed by atoms with E-state index in [9.17, 15) is 9.59 Å². The maximum Gasteiger partial charge on any atom is 0.322 e. The van der Waals surface area contributed by atoms with E-state index < -0.39 is 11.6 Å². The minimum absolute atomic E-state index is 0.0654. The molecule has 2 aliphatic rings. The van der Waals surface area contributed by atoms with Crippen molar-refractivity contribution in [2.24, 2.45) is 5.92 Å². The largest absolute Gasteiger partial charge is 0.323 e. The molecule has 2 N–H and O–H groups in total. The Morgan fingerprint density at radius 1 is 1.07 bits per heavy atom. The first kappa shape index (κ1) is 20.9. The zero-order valence-electron chi connectivity index (χ0n) is 17.5. The predicted octanol–water partition coefficient (Wildman–Crippen LogP) is 3.99. The highest BCUT2D eigenvalue weighted by atomic mass is 35.5. The summed E-state index contributed by atoms with van der Waals surface area (Å²) in [5.41, 5.74) is 3.88. The number of urea groups is 1. The summed E-state index contributed by atoms with van der Waals surface area (Å²) < 4.78 is 0. The Morgan fingerprint density at radius 2 is 1.80 bits per heavy atom. The van der Waals surface area contributed by atoms with Crippen molar-refractivity contribution >= 4 is 23.5 Å². The maximum absolute atomic E-state index is 12.9. The molecule has 0 spiro atoms. The second-order valence-corrected chi connectivity index (χ2v) is 9.04. The number of nitrogens with one attached hydrogen (secondary N) is 2. The number of hydrogen-bond donors (Lipinski definition) is 2. The lowest BCUT2D eigenvalue weighted by atomic mass is 9.74. The summed E-state index contributed by atoms with van der Waals surface area (Å²) >= 11 is 6.37. The van der Waals surface area contributed by atoms with Crippen molar-refractivity contribution in [2.75, 3.05) is 13.1 Å². The average Bonchev–Trinajstić information content (AvgIpc) is 3.00. The average molecular weight is 426 g/mol. The van der Waals surface area contributed by atoms with Gasteiger partial charge < -0.3 is 5.32 Å². The fourth-order valence-electron chi connectivity index (χ4n) is 4.85. The van der Waals surface area contributed by atoms with E-state index in [0.29, 0.717) is 11.4 Å². The fraction of sp³-hybridized carbons (Fsp3) is 0.417. The minimum Gasteiger partial charge on any atom is -0.323 e. The molecule has 2 saturated heterocycles. The van der Waals surface area contributed by atoms with Gasteiger partial charge in [-0.25, -0.2) is 4.79 Å². The lowest BCUT2D eigenvalue weighted by Crippen LogP contribution is -2.57. The molecular formula is C24H28ClN3O2. The van der Waals surface area contributed by atoms with Gasteiger partial charge in [0, 0.05) is 18.0 Å². The summed E-state index contributed by atoms with van der Waals surface area (Å²) in [5.74, 6) is -0.171. The molecule has 0 unspecified atom stereocenters. The molecular weight excluding hydrogens is 398 g/mol. The summed E-state index contributed by atoms with van der Waals surface area (Å²) in [6, 6.07) is 13.7. The number of rotatable bonds is 5. The fourth-order valence-corrected chi connectivity index (χ4v) is 5.05. The van der Waals surface area contributed by atoms with Crippen LogP contribution in [0.3, 0.4) is 0 Å². The number of piperidine rings is 1. The van der Waals surface area contributed by atoms with Crippen LogP contribution in [0.15, 0.2) is 42.5 Å². The highest BCUT2D eigenvalue weighted by Crippen LogP contribution is 2.35. The molecule has 0 saturated carbocycles. The Bertz CT molecular complexity index is 969. The SMILES string of the molecule is Cc1ccc(CN2CCC([C@@]3(Cc4ccccc4Cl)NC(=O)NC3=O)CC2)c(C)c1. The monoisotopic (exact) mass is 425 g/mol. The number of carbonyl (C=O) groups excluding carboxylic acids is 2. The van der Waals surface area contributed by atoms with Gasteiger partial charge in [-0.3, -0.25) is 15.0 Å². The van der Waals surface area contributed by atoms with Crippen molar-refractivity contribution in [3.63, 3.8) is 0 Å². The zero-order valence-corrected chi connectivity index (χ0v) is 18.3. The van der Waals surface area contributed by atoms with Gasteiger partial charge in [0.25, 0.3) is 5.91 Å². The Hall–Kier alpha value is -2.37. The Balaban J connectivity index is 1.49. The molecule has 2 aliphatic heterocycles. The molecule has 2 aromatic rings. The van der Waals surface area contributed by atoms with E-state index in [1.165, 1.54) is 16.7 Å². The van der Waals surface area contributed by atoms with Crippen LogP contribution in [-0.4, -0.2) is 35.5 Å². The molecule has 4 rings (SSSR count).